The average molecular weight is 461 g/mol. The second-order valence-corrected chi connectivity index (χ2v) is 9.05. The summed E-state index contributed by atoms with van der Waals surface area (Å²) in [7, 11) is -3.74. The van der Waals surface area contributed by atoms with Crippen molar-refractivity contribution >= 4 is 48.3 Å². The van der Waals surface area contributed by atoms with Gasteiger partial charge in [-0.05, 0) is 35.7 Å². The van der Waals surface area contributed by atoms with Crippen molar-refractivity contribution in [2.75, 3.05) is 24.0 Å². The van der Waals surface area contributed by atoms with E-state index in [9.17, 15) is 13.2 Å². The molecule has 0 radical (unpaired) electrons. The number of hydrogen-bond donors (Lipinski definition) is 1. The minimum Gasteiger partial charge on any atom is -0.492 e. The maximum Gasteiger partial charge on any atom is 0.265 e. The highest BCUT2D eigenvalue weighted by molar-refractivity contribution is 9.10. The normalized spacial score (nSPS) is 14.2. The molecule has 0 fully saturated rings. The zero-order chi connectivity index (χ0) is 19.7. The quantitative estimate of drug-likeness (QED) is 0.572. The minimum atomic E-state index is -3.74. The van der Waals surface area contributed by atoms with Crippen LogP contribution in [0, 0.1) is 0 Å². The molecule has 0 spiro atoms. The van der Waals surface area contributed by atoms with Crippen LogP contribution < -0.4 is 14.4 Å². The molecule has 1 aliphatic heterocycles. The molecular weight excluding hydrogens is 444 g/mol. The third-order valence-electron chi connectivity index (χ3n) is 4.46. The van der Waals surface area contributed by atoms with Crippen molar-refractivity contribution in [2.45, 2.75) is 4.90 Å². The van der Waals surface area contributed by atoms with Crippen molar-refractivity contribution in [3.63, 3.8) is 0 Å². The Hall–Kier alpha value is -2.58. The van der Waals surface area contributed by atoms with E-state index in [2.05, 4.69) is 21.2 Å². The molecule has 1 amide bonds. The number of rotatable bonds is 6. The molecule has 0 unspecified atom stereocenters. The highest BCUT2D eigenvalue weighted by Gasteiger charge is 2.36. The van der Waals surface area contributed by atoms with Gasteiger partial charge in [0.05, 0.1) is 17.1 Å². The van der Waals surface area contributed by atoms with E-state index in [0.29, 0.717) is 16.8 Å². The molecule has 8 heteroatoms. The molecule has 3 aromatic carbocycles. The number of nitrogens with zero attached hydrogens (tertiary/aromatic N) is 1. The van der Waals surface area contributed by atoms with Crippen molar-refractivity contribution in [3.8, 4) is 5.75 Å². The van der Waals surface area contributed by atoms with Crippen LogP contribution in [0.5, 0.6) is 5.75 Å². The van der Waals surface area contributed by atoms with Gasteiger partial charge < -0.3 is 10.1 Å². The van der Waals surface area contributed by atoms with Gasteiger partial charge in [-0.1, -0.05) is 46.3 Å². The number of anilines is 1. The summed E-state index contributed by atoms with van der Waals surface area (Å²) < 4.78 is 33.4. The van der Waals surface area contributed by atoms with E-state index in [0.717, 1.165) is 14.2 Å². The maximum atomic E-state index is 12.9. The van der Waals surface area contributed by atoms with Crippen molar-refractivity contribution in [1.82, 2.24) is 5.32 Å². The van der Waals surface area contributed by atoms with Gasteiger partial charge in [-0.3, -0.25) is 9.10 Å². The summed E-state index contributed by atoms with van der Waals surface area (Å²) in [6.07, 6.45) is 0. The predicted octanol–water partition coefficient (Wildman–Crippen LogP) is 3.31. The molecular formula is C20H17BrN2O4S. The van der Waals surface area contributed by atoms with Crippen molar-refractivity contribution < 1.29 is 17.9 Å². The molecule has 1 heterocycles. The SMILES string of the molecule is O=C(CN1c2cccc3cccc(c23)S1(=O)=O)NCCOc1cccc(Br)c1. The third-order valence-corrected chi connectivity index (χ3v) is 6.75. The number of halogens is 1. The van der Waals surface area contributed by atoms with Crippen LogP contribution >= 0.6 is 15.9 Å². The lowest BCUT2D eigenvalue weighted by molar-refractivity contribution is -0.119. The van der Waals surface area contributed by atoms with E-state index in [1.165, 1.54) is 0 Å². The molecule has 1 N–H and O–H groups in total. The summed E-state index contributed by atoms with van der Waals surface area (Å²) in [5.74, 6) is 0.305. The Morgan fingerprint density at radius 1 is 1.07 bits per heavy atom. The largest absolute Gasteiger partial charge is 0.492 e. The van der Waals surface area contributed by atoms with Crippen LogP contribution in [-0.4, -0.2) is 34.0 Å². The Labute approximate surface area is 171 Å². The maximum absolute atomic E-state index is 12.9. The smallest absolute Gasteiger partial charge is 0.265 e. The number of nitrogens with one attached hydrogen (secondary N) is 1. The fourth-order valence-electron chi connectivity index (χ4n) is 3.23. The van der Waals surface area contributed by atoms with Gasteiger partial charge in [0.25, 0.3) is 10.0 Å². The van der Waals surface area contributed by atoms with Gasteiger partial charge >= 0.3 is 0 Å². The summed E-state index contributed by atoms with van der Waals surface area (Å²) in [4.78, 5) is 12.6. The summed E-state index contributed by atoms with van der Waals surface area (Å²) >= 11 is 3.37. The first-order chi connectivity index (χ1) is 13.5. The number of carbonyl (C=O) groups is 1. The molecule has 3 aromatic rings. The van der Waals surface area contributed by atoms with Gasteiger partial charge in [0.15, 0.2) is 0 Å². The van der Waals surface area contributed by atoms with E-state index in [1.807, 2.05) is 36.4 Å². The summed E-state index contributed by atoms with van der Waals surface area (Å²) in [6.45, 7) is 0.286. The zero-order valence-electron chi connectivity index (χ0n) is 14.8. The second-order valence-electron chi connectivity index (χ2n) is 6.30. The molecule has 0 aliphatic carbocycles. The van der Waals surface area contributed by atoms with Gasteiger partial charge in [-0.15, -0.1) is 0 Å². The lowest BCUT2D eigenvalue weighted by Gasteiger charge is -2.18. The molecule has 0 bridgehead atoms. The lowest BCUT2D eigenvalue weighted by Crippen LogP contribution is -2.40. The van der Waals surface area contributed by atoms with Crippen molar-refractivity contribution in [2.24, 2.45) is 0 Å². The Morgan fingerprint density at radius 2 is 1.82 bits per heavy atom. The van der Waals surface area contributed by atoms with E-state index in [4.69, 9.17) is 4.74 Å². The Kier molecular flexibility index (Phi) is 4.99. The number of sulfonamides is 1. The fourth-order valence-corrected chi connectivity index (χ4v) is 5.28. The van der Waals surface area contributed by atoms with Gasteiger partial charge in [0.2, 0.25) is 5.91 Å². The number of amides is 1. The van der Waals surface area contributed by atoms with Gasteiger partial charge in [-0.25, -0.2) is 8.42 Å². The summed E-state index contributed by atoms with van der Waals surface area (Å²) in [5, 5.41) is 4.21. The first kappa shape index (κ1) is 18.8. The molecule has 0 atom stereocenters. The van der Waals surface area contributed by atoms with E-state index in [1.54, 1.807) is 24.3 Å². The standard InChI is InChI=1S/C20H17BrN2O4S/c21-15-6-3-7-16(12-15)27-11-10-22-19(24)13-23-17-8-1-4-14-5-2-9-18(20(14)17)28(23,25)26/h1-9,12H,10-11,13H2,(H,22,24). The highest BCUT2D eigenvalue weighted by atomic mass is 79.9. The second kappa shape index (κ2) is 7.44. The van der Waals surface area contributed by atoms with Crippen LogP contribution in [0.1, 0.15) is 0 Å². The van der Waals surface area contributed by atoms with E-state index in [-0.39, 0.29) is 30.5 Å². The Bertz CT molecular complexity index is 1160. The zero-order valence-corrected chi connectivity index (χ0v) is 17.2. The predicted molar refractivity (Wildman–Crippen MR) is 111 cm³/mol. The van der Waals surface area contributed by atoms with Gasteiger partial charge in [0, 0.05) is 9.86 Å². The van der Waals surface area contributed by atoms with Crippen LogP contribution in [0.4, 0.5) is 5.69 Å². The highest BCUT2D eigenvalue weighted by Crippen LogP contribution is 2.41. The molecule has 0 saturated heterocycles. The number of hydrogen-bond acceptors (Lipinski definition) is 4. The minimum absolute atomic E-state index is 0.242. The van der Waals surface area contributed by atoms with Crippen LogP contribution in [0.2, 0.25) is 0 Å². The van der Waals surface area contributed by atoms with Gasteiger partial charge in [0.1, 0.15) is 18.9 Å². The summed E-state index contributed by atoms with van der Waals surface area (Å²) in [6, 6.07) is 17.9. The average Bonchev–Trinajstić information content (AvgIpc) is 2.89. The number of benzene rings is 3. The van der Waals surface area contributed by atoms with Crippen molar-refractivity contribution in [1.29, 1.82) is 0 Å². The first-order valence-electron chi connectivity index (χ1n) is 8.66. The van der Waals surface area contributed by atoms with Crippen LogP contribution in [0.15, 0.2) is 70.0 Å². The lowest BCUT2D eigenvalue weighted by atomic mass is 10.1. The van der Waals surface area contributed by atoms with Crippen molar-refractivity contribution in [3.05, 3.63) is 65.1 Å². The van der Waals surface area contributed by atoms with Crippen LogP contribution in [-0.2, 0) is 14.8 Å². The van der Waals surface area contributed by atoms with Gasteiger partial charge in [-0.2, -0.15) is 0 Å². The van der Waals surface area contributed by atoms with E-state index < -0.39 is 10.0 Å². The molecule has 28 heavy (non-hydrogen) atoms. The molecule has 1 aliphatic rings. The molecule has 4 rings (SSSR count). The molecule has 0 saturated carbocycles. The molecule has 144 valence electrons. The summed E-state index contributed by atoms with van der Waals surface area (Å²) in [5.41, 5.74) is 0.536. The Balaban J connectivity index is 1.41. The van der Waals surface area contributed by atoms with E-state index >= 15 is 0 Å². The monoisotopic (exact) mass is 460 g/mol. The molecule has 0 aromatic heterocycles. The first-order valence-corrected chi connectivity index (χ1v) is 10.9. The Morgan fingerprint density at radius 3 is 2.61 bits per heavy atom. The van der Waals surface area contributed by atoms with Crippen LogP contribution in [0.3, 0.4) is 0 Å². The fraction of sp³-hybridized carbons (Fsp3) is 0.150. The third kappa shape index (κ3) is 3.45. The molecule has 6 nitrogen and oxygen atoms in total. The van der Waals surface area contributed by atoms with Crippen LogP contribution in [0.25, 0.3) is 10.8 Å². The topological polar surface area (TPSA) is 75.7 Å². The number of ether oxygens (including phenoxy) is 1. The number of carbonyl (C=O) groups excluding carboxylic acids is 1.